The minimum Gasteiger partial charge on any atom is -0.478 e. The molecule has 33 heavy (non-hydrogen) atoms. The standard InChI is InChI=1S/C24H12O8.K/c25-21(26)13-5-1-9-10-2-6-15(23(29)30)20-16(24(31)32)8-4-12(18(10)20)11-3-7-14(22(27)28)19(13)17(9)11;/h1-8H,(H,25,26)(H,27,28)(H,29,30)(H,31,32);. The van der Waals surface area contributed by atoms with Crippen LogP contribution in [0.5, 0.6) is 0 Å². The normalized spacial score (nSPS) is 11.2. The van der Waals surface area contributed by atoms with E-state index in [-0.39, 0.29) is 84.4 Å². The molecule has 0 aromatic heterocycles. The van der Waals surface area contributed by atoms with Gasteiger partial charge in [0.15, 0.2) is 0 Å². The zero-order chi connectivity index (χ0) is 22.9. The second kappa shape index (κ2) is 8.05. The number of benzene rings is 5. The topological polar surface area (TPSA) is 149 Å². The van der Waals surface area contributed by atoms with E-state index in [1.807, 2.05) is 0 Å². The van der Waals surface area contributed by atoms with Gasteiger partial charge in [0.25, 0.3) is 0 Å². The van der Waals surface area contributed by atoms with Crippen molar-refractivity contribution in [1.29, 1.82) is 0 Å². The maximum absolute atomic E-state index is 11.9. The van der Waals surface area contributed by atoms with Gasteiger partial charge in [-0.25, -0.2) is 19.2 Å². The largest absolute Gasteiger partial charge is 0.478 e. The van der Waals surface area contributed by atoms with E-state index < -0.39 is 23.9 Å². The molecule has 9 heteroatoms. The Labute approximate surface area is 226 Å². The Balaban J connectivity index is 0.00000259. The molecular formula is C24H12KO8. The van der Waals surface area contributed by atoms with E-state index in [4.69, 9.17) is 0 Å². The second-order valence-electron chi connectivity index (χ2n) is 7.36. The van der Waals surface area contributed by atoms with Crippen LogP contribution in [0.15, 0.2) is 48.5 Å². The Bertz CT molecular complexity index is 1440. The zero-order valence-corrected chi connectivity index (χ0v) is 20.2. The maximum atomic E-state index is 11.9. The zero-order valence-electron chi connectivity index (χ0n) is 17.0. The van der Waals surface area contributed by atoms with Crippen LogP contribution in [0.3, 0.4) is 0 Å². The molecule has 0 aliphatic rings. The number of carboxylic acid groups (broad SMARTS) is 4. The molecule has 5 aromatic rings. The Morgan fingerprint density at radius 1 is 0.394 bits per heavy atom. The fourth-order valence-electron chi connectivity index (χ4n) is 4.60. The SMILES string of the molecule is O=C(O)c1ccc2c3ccc(C(=O)O)c4c(C(=O)O)ccc(c5ccc(C(=O)O)c1c25)c43.[K]. The quantitative estimate of drug-likeness (QED) is 0.175. The van der Waals surface area contributed by atoms with Crippen molar-refractivity contribution in [3.63, 3.8) is 0 Å². The van der Waals surface area contributed by atoms with Crippen LogP contribution in [0.4, 0.5) is 0 Å². The van der Waals surface area contributed by atoms with Crippen molar-refractivity contribution in [2.24, 2.45) is 0 Å². The molecule has 0 spiro atoms. The first kappa shape index (κ1) is 23.1. The summed E-state index contributed by atoms with van der Waals surface area (Å²) in [4.78, 5) is 47.5. The van der Waals surface area contributed by atoms with Crippen LogP contribution < -0.4 is 0 Å². The van der Waals surface area contributed by atoms with Gasteiger partial charge in [-0.2, -0.15) is 0 Å². The van der Waals surface area contributed by atoms with Gasteiger partial charge in [0.05, 0.1) is 22.3 Å². The summed E-state index contributed by atoms with van der Waals surface area (Å²) in [6, 6.07) is 11.4. The van der Waals surface area contributed by atoms with Crippen molar-refractivity contribution in [3.05, 3.63) is 70.8 Å². The third kappa shape index (κ3) is 3.20. The van der Waals surface area contributed by atoms with Crippen molar-refractivity contribution in [1.82, 2.24) is 0 Å². The third-order valence-electron chi connectivity index (χ3n) is 5.82. The first-order chi connectivity index (χ1) is 15.2. The third-order valence-corrected chi connectivity index (χ3v) is 5.82. The van der Waals surface area contributed by atoms with Gasteiger partial charge in [0, 0.05) is 62.2 Å². The molecule has 0 unspecified atom stereocenters. The average molecular weight is 467 g/mol. The molecule has 0 saturated heterocycles. The van der Waals surface area contributed by atoms with Crippen molar-refractivity contribution >= 4 is 118 Å². The number of rotatable bonds is 4. The summed E-state index contributed by atoms with van der Waals surface area (Å²) >= 11 is 0. The van der Waals surface area contributed by atoms with Crippen molar-refractivity contribution in [2.45, 2.75) is 0 Å². The van der Waals surface area contributed by atoms with Crippen LogP contribution in [-0.4, -0.2) is 95.7 Å². The summed E-state index contributed by atoms with van der Waals surface area (Å²) in [5, 5.41) is 41.7. The molecule has 4 N–H and O–H groups in total. The van der Waals surface area contributed by atoms with E-state index in [2.05, 4.69) is 0 Å². The monoisotopic (exact) mass is 467 g/mol. The molecule has 0 heterocycles. The first-order valence-corrected chi connectivity index (χ1v) is 9.35. The van der Waals surface area contributed by atoms with Crippen LogP contribution in [0.25, 0.3) is 43.1 Å². The molecule has 5 aromatic carbocycles. The van der Waals surface area contributed by atoms with Gasteiger partial charge < -0.3 is 20.4 Å². The van der Waals surface area contributed by atoms with E-state index in [0.717, 1.165) is 0 Å². The maximum Gasteiger partial charge on any atom is 0.336 e. The van der Waals surface area contributed by atoms with E-state index >= 15 is 0 Å². The summed E-state index contributed by atoms with van der Waals surface area (Å²) in [5.74, 6) is -5.13. The molecule has 1 radical (unpaired) electrons. The van der Waals surface area contributed by atoms with Crippen LogP contribution in [0, 0.1) is 0 Å². The fraction of sp³-hybridized carbons (Fsp3) is 0. The predicted molar refractivity (Wildman–Crippen MR) is 121 cm³/mol. The molecule has 157 valence electrons. The van der Waals surface area contributed by atoms with E-state index in [0.29, 0.717) is 32.3 Å². The molecule has 0 amide bonds. The molecule has 0 aliphatic carbocycles. The summed E-state index contributed by atoms with van der Waals surface area (Å²) in [6.07, 6.45) is 0. The number of hydrogen-bond donors (Lipinski definition) is 4. The van der Waals surface area contributed by atoms with E-state index in [9.17, 15) is 39.6 Å². The predicted octanol–water partition coefficient (Wildman–Crippen LogP) is 4.15. The van der Waals surface area contributed by atoms with Crippen LogP contribution in [0.1, 0.15) is 41.4 Å². The second-order valence-corrected chi connectivity index (χ2v) is 7.36. The van der Waals surface area contributed by atoms with Crippen LogP contribution in [-0.2, 0) is 0 Å². The van der Waals surface area contributed by atoms with Gasteiger partial charge in [-0.05, 0) is 56.6 Å². The number of hydrogen-bond acceptors (Lipinski definition) is 4. The Hall–Kier alpha value is -3.08. The molecule has 0 aliphatic heterocycles. The average Bonchev–Trinajstić information content (AvgIpc) is 2.75. The summed E-state index contributed by atoms with van der Waals surface area (Å²) < 4.78 is 0. The van der Waals surface area contributed by atoms with E-state index in [1.54, 1.807) is 0 Å². The Morgan fingerprint density at radius 2 is 0.606 bits per heavy atom. The fourth-order valence-corrected chi connectivity index (χ4v) is 4.60. The van der Waals surface area contributed by atoms with Crippen LogP contribution in [0.2, 0.25) is 0 Å². The van der Waals surface area contributed by atoms with Gasteiger partial charge in [0.2, 0.25) is 0 Å². The van der Waals surface area contributed by atoms with Gasteiger partial charge in [0.1, 0.15) is 0 Å². The molecule has 8 nitrogen and oxygen atoms in total. The molecule has 5 rings (SSSR count). The summed E-state index contributed by atoms with van der Waals surface area (Å²) in [5.41, 5.74) is -0.696. The number of carbonyl (C=O) groups is 4. The van der Waals surface area contributed by atoms with Gasteiger partial charge in [-0.3, -0.25) is 0 Å². The summed E-state index contributed by atoms with van der Waals surface area (Å²) in [6.45, 7) is 0. The van der Waals surface area contributed by atoms with Crippen LogP contribution >= 0.6 is 0 Å². The molecule has 0 atom stereocenters. The minimum absolute atomic E-state index is 0. The number of fused-ring (bicyclic) bond motifs is 2. The van der Waals surface area contributed by atoms with Gasteiger partial charge in [-0.15, -0.1) is 0 Å². The summed E-state index contributed by atoms with van der Waals surface area (Å²) in [7, 11) is 0. The Kier molecular flexibility index (Phi) is 5.63. The number of aromatic carboxylic acids is 4. The van der Waals surface area contributed by atoms with Gasteiger partial charge in [-0.1, -0.05) is 24.3 Å². The molecule has 0 saturated carbocycles. The molecule has 0 bridgehead atoms. The van der Waals surface area contributed by atoms with Crippen molar-refractivity contribution in [2.75, 3.05) is 0 Å². The van der Waals surface area contributed by atoms with E-state index in [1.165, 1.54) is 48.5 Å². The van der Waals surface area contributed by atoms with Crippen molar-refractivity contribution in [3.8, 4) is 0 Å². The van der Waals surface area contributed by atoms with Crippen molar-refractivity contribution < 1.29 is 39.6 Å². The molecular weight excluding hydrogens is 455 g/mol. The smallest absolute Gasteiger partial charge is 0.336 e. The minimum atomic E-state index is -1.28. The van der Waals surface area contributed by atoms with Gasteiger partial charge >= 0.3 is 23.9 Å². The number of carboxylic acids is 4. The molecule has 0 fully saturated rings. The first-order valence-electron chi connectivity index (χ1n) is 9.35. The Morgan fingerprint density at radius 3 is 0.788 bits per heavy atom.